The minimum Gasteiger partial charge on any atom is -0.335 e. The van der Waals surface area contributed by atoms with Crippen molar-refractivity contribution in [3.05, 3.63) is 38.9 Å². The van der Waals surface area contributed by atoms with Crippen LogP contribution in [0.15, 0.2) is 32.4 Å². The summed E-state index contributed by atoms with van der Waals surface area (Å²) in [5.74, 6) is -0.539. The average Bonchev–Trinajstić information content (AvgIpc) is 2.91. The molecular weight excluding hydrogens is 380 g/mol. The summed E-state index contributed by atoms with van der Waals surface area (Å²) in [7, 11) is 0. The molecule has 27 heavy (non-hydrogen) atoms. The quantitative estimate of drug-likeness (QED) is 0.562. The lowest BCUT2D eigenvalue weighted by molar-refractivity contribution is -0.142. The molecule has 0 saturated carbocycles. The molecule has 0 unspecified atom stereocenters. The maximum Gasteiger partial charge on any atom is 0.347 e. The van der Waals surface area contributed by atoms with Crippen molar-refractivity contribution in [1.29, 1.82) is 0 Å². The number of carbonyl (C=O) groups is 1. The van der Waals surface area contributed by atoms with Gasteiger partial charge < -0.3 is 4.90 Å². The summed E-state index contributed by atoms with van der Waals surface area (Å²) < 4.78 is 29.6. The second kappa shape index (κ2) is 7.75. The number of nitrogens with zero attached hydrogens (tertiary/aromatic N) is 5. The van der Waals surface area contributed by atoms with Gasteiger partial charge in [-0.2, -0.15) is 5.10 Å². The van der Waals surface area contributed by atoms with E-state index in [1.165, 1.54) is 16.4 Å². The Bertz CT molecular complexity index is 878. The van der Waals surface area contributed by atoms with Gasteiger partial charge in [0.15, 0.2) is 0 Å². The van der Waals surface area contributed by atoms with Gasteiger partial charge in [0.25, 0.3) is 0 Å². The Kier molecular flexibility index (Phi) is 5.59. The van der Waals surface area contributed by atoms with E-state index in [1.807, 2.05) is 0 Å². The van der Waals surface area contributed by atoms with Gasteiger partial charge in [-0.3, -0.25) is 14.4 Å². The highest BCUT2D eigenvalue weighted by molar-refractivity contribution is 6.29. The van der Waals surface area contributed by atoms with Crippen LogP contribution in [-0.2, 0) is 17.8 Å². The number of halogens is 3. The fourth-order valence-electron chi connectivity index (χ4n) is 3.28. The maximum atomic E-state index is 14.2. The highest BCUT2D eigenvalue weighted by Crippen LogP contribution is 2.26. The molecule has 1 aromatic rings. The predicted octanol–water partition coefficient (Wildman–Crippen LogP) is 2.13. The zero-order chi connectivity index (χ0) is 19.7. The fraction of sp³-hybridized carbons (Fsp3) is 0.529. The SMILES string of the molecule is C=N/C(Cn1nc2n(c1=O)[C@H](C(=O)N1CC(F)C1)CCC2)=C(F)\C=C(/C)Cl. The van der Waals surface area contributed by atoms with Gasteiger partial charge in [0, 0.05) is 11.5 Å². The van der Waals surface area contributed by atoms with Crippen LogP contribution in [-0.4, -0.2) is 51.1 Å². The van der Waals surface area contributed by atoms with E-state index in [9.17, 15) is 18.4 Å². The van der Waals surface area contributed by atoms with Gasteiger partial charge in [-0.05, 0) is 32.6 Å². The third-order valence-corrected chi connectivity index (χ3v) is 4.77. The minimum atomic E-state index is -1.01. The molecule has 3 heterocycles. The number of hydrogen-bond donors (Lipinski definition) is 0. The molecule has 0 N–H and O–H groups in total. The van der Waals surface area contributed by atoms with Crippen LogP contribution in [0, 0.1) is 0 Å². The second-order valence-electron chi connectivity index (χ2n) is 6.66. The molecule has 2 aliphatic rings. The van der Waals surface area contributed by atoms with E-state index < -0.39 is 23.7 Å². The number of aryl methyl sites for hydroxylation is 1. The lowest BCUT2D eigenvalue weighted by Crippen LogP contribution is -2.54. The van der Waals surface area contributed by atoms with Crippen LogP contribution in [0.5, 0.6) is 0 Å². The highest BCUT2D eigenvalue weighted by Gasteiger charge is 2.38. The largest absolute Gasteiger partial charge is 0.347 e. The number of allylic oxidation sites excluding steroid dienone is 4. The summed E-state index contributed by atoms with van der Waals surface area (Å²) in [6, 6.07) is -0.707. The molecule has 0 aromatic carbocycles. The summed E-state index contributed by atoms with van der Waals surface area (Å²) in [6.45, 7) is 4.71. The van der Waals surface area contributed by atoms with E-state index in [0.29, 0.717) is 25.1 Å². The number of aliphatic imine (C=N–C) groups is 1. The van der Waals surface area contributed by atoms with Crippen LogP contribution in [0.25, 0.3) is 0 Å². The van der Waals surface area contributed by atoms with Gasteiger partial charge in [-0.25, -0.2) is 18.3 Å². The van der Waals surface area contributed by atoms with E-state index >= 15 is 0 Å². The van der Waals surface area contributed by atoms with Gasteiger partial charge in [0.05, 0.1) is 25.3 Å². The van der Waals surface area contributed by atoms with Crippen LogP contribution in [0.3, 0.4) is 0 Å². The number of carbonyl (C=O) groups excluding carboxylic acids is 1. The van der Waals surface area contributed by atoms with Crippen molar-refractivity contribution >= 4 is 24.2 Å². The van der Waals surface area contributed by atoms with Crippen molar-refractivity contribution in [2.24, 2.45) is 4.99 Å². The first kappa shape index (κ1) is 19.5. The molecule has 0 bridgehead atoms. The number of aromatic nitrogens is 3. The normalized spacial score (nSPS) is 21.4. The van der Waals surface area contributed by atoms with Crippen molar-refractivity contribution in [3.8, 4) is 0 Å². The fourth-order valence-corrected chi connectivity index (χ4v) is 3.38. The number of likely N-dealkylation sites (tertiary alicyclic amines) is 1. The van der Waals surface area contributed by atoms with Gasteiger partial charge in [0.1, 0.15) is 23.9 Å². The number of hydrogen-bond acceptors (Lipinski definition) is 4. The van der Waals surface area contributed by atoms with Gasteiger partial charge >= 0.3 is 5.69 Å². The van der Waals surface area contributed by atoms with Crippen molar-refractivity contribution < 1.29 is 13.6 Å². The second-order valence-corrected chi connectivity index (χ2v) is 7.26. The Morgan fingerprint density at radius 3 is 2.78 bits per heavy atom. The molecule has 1 saturated heterocycles. The molecule has 10 heteroatoms. The zero-order valence-electron chi connectivity index (χ0n) is 14.9. The standard InChI is InChI=1S/C17H20ClF2N5O2/c1-10(18)6-12(20)13(21-2)9-24-17(27)25-14(4-3-5-15(25)22-24)16(26)23-7-11(19)8-23/h6,11,14H,2-5,7-9H2,1H3/b10-6+,13-12+/t14-/m0/s1. The number of amides is 1. The molecule has 0 radical (unpaired) electrons. The Balaban J connectivity index is 1.91. The van der Waals surface area contributed by atoms with Crippen molar-refractivity contribution in [2.75, 3.05) is 13.1 Å². The Hall–Kier alpha value is -2.29. The van der Waals surface area contributed by atoms with Gasteiger partial charge in [0.2, 0.25) is 5.91 Å². The summed E-state index contributed by atoms with van der Waals surface area (Å²) >= 11 is 5.67. The van der Waals surface area contributed by atoms with E-state index in [0.717, 1.165) is 10.8 Å². The summed E-state index contributed by atoms with van der Waals surface area (Å²) in [4.78, 5) is 30.4. The van der Waals surface area contributed by atoms with Gasteiger partial charge in [-0.15, -0.1) is 0 Å². The first-order chi connectivity index (χ1) is 12.8. The van der Waals surface area contributed by atoms with Crippen LogP contribution >= 0.6 is 11.6 Å². The Labute approximate surface area is 159 Å². The summed E-state index contributed by atoms with van der Waals surface area (Å²) in [5, 5.41) is 4.45. The first-order valence-electron chi connectivity index (χ1n) is 8.62. The number of rotatable bonds is 5. The lowest BCUT2D eigenvalue weighted by Gasteiger charge is -2.37. The minimum absolute atomic E-state index is 0.0517. The lowest BCUT2D eigenvalue weighted by atomic mass is 10.0. The van der Waals surface area contributed by atoms with Crippen LogP contribution in [0.1, 0.15) is 31.6 Å². The van der Waals surface area contributed by atoms with Crippen LogP contribution in [0.2, 0.25) is 0 Å². The van der Waals surface area contributed by atoms with Crippen molar-refractivity contribution in [1.82, 2.24) is 19.2 Å². The maximum absolute atomic E-state index is 14.2. The van der Waals surface area contributed by atoms with Gasteiger partial charge in [-0.1, -0.05) is 11.6 Å². The van der Waals surface area contributed by atoms with Crippen LogP contribution < -0.4 is 5.69 Å². The topological polar surface area (TPSA) is 72.5 Å². The number of fused-ring (bicyclic) bond motifs is 1. The molecule has 1 aromatic heterocycles. The predicted molar refractivity (Wildman–Crippen MR) is 97.2 cm³/mol. The van der Waals surface area contributed by atoms with E-state index in [1.54, 1.807) is 0 Å². The van der Waals surface area contributed by atoms with E-state index in [2.05, 4.69) is 16.8 Å². The first-order valence-corrected chi connectivity index (χ1v) is 9.00. The molecule has 7 nitrogen and oxygen atoms in total. The average molecular weight is 400 g/mol. The Morgan fingerprint density at radius 2 is 2.19 bits per heavy atom. The van der Waals surface area contributed by atoms with E-state index in [-0.39, 0.29) is 36.3 Å². The monoisotopic (exact) mass is 399 g/mol. The van der Waals surface area contributed by atoms with Crippen LogP contribution in [0.4, 0.5) is 8.78 Å². The van der Waals surface area contributed by atoms with Crippen molar-refractivity contribution in [2.45, 2.75) is 44.9 Å². The summed E-state index contributed by atoms with van der Waals surface area (Å²) in [5.41, 5.74) is -0.612. The summed E-state index contributed by atoms with van der Waals surface area (Å²) in [6.07, 6.45) is 1.77. The molecule has 2 aliphatic heterocycles. The smallest absolute Gasteiger partial charge is 0.335 e. The Morgan fingerprint density at radius 1 is 1.48 bits per heavy atom. The molecular formula is C17H20ClF2N5O2. The molecule has 3 rings (SSSR count). The van der Waals surface area contributed by atoms with Crippen molar-refractivity contribution in [3.63, 3.8) is 0 Å². The molecule has 146 valence electrons. The number of alkyl halides is 1. The third kappa shape index (κ3) is 3.87. The molecule has 0 aliphatic carbocycles. The molecule has 0 spiro atoms. The molecule has 1 amide bonds. The zero-order valence-corrected chi connectivity index (χ0v) is 15.6. The molecule has 1 atom stereocenters. The van der Waals surface area contributed by atoms with E-state index in [4.69, 9.17) is 11.6 Å². The highest BCUT2D eigenvalue weighted by atomic mass is 35.5. The molecule has 1 fully saturated rings. The third-order valence-electron chi connectivity index (χ3n) is 4.66.